The van der Waals surface area contributed by atoms with Crippen LogP contribution in [-0.4, -0.2) is 37.2 Å². The van der Waals surface area contributed by atoms with Crippen molar-refractivity contribution < 1.29 is 28.6 Å². The van der Waals surface area contributed by atoms with Crippen molar-refractivity contribution in [2.75, 3.05) is 13.2 Å². The van der Waals surface area contributed by atoms with Crippen molar-refractivity contribution in [2.45, 2.75) is 239 Å². The third-order valence-electron chi connectivity index (χ3n) is 11.0. The van der Waals surface area contributed by atoms with E-state index in [9.17, 15) is 14.4 Å². The van der Waals surface area contributed by atoms with Crippen LogP contribution in [0, 0.1) is 0 Å². The van der Waals surface area contributed by atoms with Crippen molar-refractivity contribution in [3.63, 3.8) is 0 Å². The number of rotatable bonds is 47. The molecule has 0 saturated heterocycles. The third-order valence-corrected chi connectivity index (χ3v) is 11.0. The molecule has 0 heterocycles. The molecule has 6 heteroatoms. The van der Waals surface area contributed by atoms with Gasteiger partial charge in [0.15, 0.2) is 6.10 Å². The maximum absolute atomic E-state index is 12.8. The van der Waals surface area contributed by atoms with Crippen molar-refractivity contribution in [1.29, 1.82) is 0 Å². The minimum atomic E-state index is -0.797. The minimum Gasteiger partial charge on any atom is -0.462 e. The highest BCUT2D eigenvalue weighted by atomic mass is 16.6. The van der Waals surface area contributed by atoms with Crippen LogP contribution in [0.1, 0.15) is 233 Å². The summed E-state index contributed by atoms with van der Waals surface area (Å²) in [6.45, 7) is 6.35. The lowest BCUT2D eigenvalue weighted by molar-refractivity contribution is -0.167. The maximum atomic E-state index is 12.8. The Morgan fingerprint density at radius 2 is 0.591 bits per heavy atom. The number of hydrogen-bond acceptors (Lipinski definition) is 6. The van der Waals surface area contributed by atoms with E-state index in [2.05, 4.69) is 130 Å². The van der Waals surface area contributed by atoms with Gasteiger partial charge in [0, 0.05) is 19.3 Å². The van der Waals surface area contributed by atoms with E-state index in [-0.39, 0.29) is 31.1 Å². The van der Waals surface area contributed by atoms with Crippen molar-refractivity contribution >= 4 is 17.9 Å². The molecule has 0 radical (unpaired) electrons. The Hall–Kier alpha value is -3.93. The summed E-state index contributed by atoms with van der Waals surface area (Å²) in [7, 11) is 0. The Morgan fingerprint density at radius 1 is 0.318 bits per heavy atom. The Labute approximate surface area is 406 Å². The molecule has 0 saturated carbocycles. The standard InChI is InChI=1S/C60H98O6/c1-4-7-10-13-16-19-22-24-26-27-28-29-30-31-32-33-35-36-38-41-44-47-50-53-59(62)65-56-57(55-64-58(61)52-49-46-43-40-21-18-15-12-9-6-3)66-60(63)54-51-48-45-42-39-37-34-25-23-20-17-14-11-8-5-2/h7-8,10-11,16-17,19-20,24-26,28-29,31-32,34-36,57H,4-6,9,12-15,18,21-23,27,30,33,37-56H2,1-3H3/b10-7-,11-8-,19-16-,20-17-,26-24-,29-28-,32-31-,34-25-,36-35-. The van der Waals surface area contributed by atoms with Crippen LogP contribution in [0.25, 0.3) is 0 Å². The molecule has 0 N–H and O–H groups in total. The molecule has 1 atom stereocenters. The van der Waals surface area contributed by atoms with Crippen LogP contribution in [0.2, 0.25) is 0 Å². The van der Waals surface area contributed by atoms with Gasteiger partial charge in [-0.2, -0.15) is 0 Å². The molecule has 0 aliphatic heterocycles. The first-order valence-electron chi connectivity index (χ1n) is 26.9. The predicted octanol–water partition coefficient (Wildman–Crippen LogP) is 17.9. The molecule has 0 aliphatic rings. The van der Waals surface area contributed by atoms with Crippen LogP contribution in [0.4, 0.5) is 0 Å². The van der Waals surface area contributed by atoms with Crippen LogP contribution in [0.15, 0.2) is 109 Å². The van der Waals surface area contributed by atoms with Gasteiger partial charge in [-0.05, 0) is 103 Å². The summed E-state index contributed by atoms with van der Waals surface area (Å²) >= 11 is 0. The molecule has 0 aromatic heterocycles. The number of unbranched alkanes of at least 4 members (excludes halogenated alkanes) is 18. The first-order chi connectivity index (χ1) is 32.5. The average molecular weight is 915 g/mol. The minimum absolute atomic E-state index is 0.0938. The Bertz CT molecular complexity index is 1370. The van der Waals surface area contributed by atoms with Crippen molar-refractivity contribution in [3.8, 4) is 0 Å². The SMILES string of the molecule is CC/C=C\C/C=C\C/C=C\C/C=C\C/C=C\C/C=C\CCCCCCC(=O)OCC(COC(=O)CCCCCCCCCCCC)OC(=O)CCCCCCC/C=C\C/C=C\C/C=C\CC. The fourth-order valence-electron chi connectivity index (χ4n) is 7.05. The molecule has 0 amide bonds. The van der Waals surface area contributed by atoms with E-state index in [0.717, 1.165) is 148 Å². The lowest BCUT2D eigenvalue weighted by atomic mass is 10.1. The monoisotopic (exact) mass is 915 g/mol. The summed E-state index contributed by atoms with van der Waals surface area (Å²) in [6.07, 6.45) is 72.2. The van der Waals surface area contributed by atoms with Gasteiger partial charge in [0.1, 0.15) is 13.2 Å². The Morgan fingerprint density at radius 3 is 0.924 bits per heavy atom. The van der Waals surface area contributed by atoms with Gasteiger partial charge >= 0.3 is 17.9 Å². The average Bonchev–Trinajstić information content (AvgIpc) is 3.31. The fourth-order valence-corrected chi connectivity index (χ4v) is 7.05. The first-order valence-corrected chi connectivity index (χ1v) is 26.9. The van der Waals surface area contributed by atoms with Gasteiger partial charge in [0.25, 0.3) is 0 Å². The molecule has 0 rings (SSSR count). The van der Waals surface area contributed by atoms with Gasteiger partial charge in [-0.25, -0.2) is 0 Å². The normalized spacial score (nSPS) is 13.0. The molecular weight excluding hydrogens is 817 g/mol. The molecule has 0 aliphatic carbocycles. The molecule has 0 aromatic rings. The molecule has 6 nitrogen and oxygen atoms in total. The highest BCUT2D eigenvalue weighted by molar-refractivity contribution is 5.71. The zero-order valence-electron chi connectivity index (χ0n) is 42.7. The topological polar surface area (TPSA) is 78.9 Å². The van der Waals surface area contributed by atoms with Crippen molar-refractivity contribution in [3.05, 3.63) is 109 Å². The van der Waals surface area contributed by atoms with Gasteiger partial charge in [0.05, 0.1) is 0 Å². The Kier molecular flexibility index (Phi) is 50.5. The molecule has 1 unspecified atom stereocenters. The van der Waals surface area contributed by atoms with Gasteiger partial charge in [0.2, 0.25) is 0 Å². The van der Waals surface area contributed by atoms with Gasteiger partial charge < -0.3 is 14.2 Å². The van der Waals surface area contributed by atoms with E-state index < -0.39 is 6.10 Å². The number of hydrogen-bond donors (Lipinski definition) is 0. The summed E-state index contributed by atoms with van der Waals surface area (Å²) in [5.41, 5.74) is 0. The van der Waals surface area contributed by atoms with E-state index in [4.69, 9.17) is 14.2 Å². The molecule has 374 valence electrons. The van der Waals surface area contributed by atoms with Crippen LogP contribution < -0.4 is 0 Å². The van der Waals surface area contributed by atoms with Crippen molar-refractivity contribution in [1.82, 2.24) is 0 Å². The molecule has 0 aromatic carbocycles. The van der Waals surface area contributed by atoms with Gasteiger partial charge in [-0.3, -0.25) is 14.4 Å². The highest BCUT2D eigenvalue weighted by Crippen LogP contribution is 2.14. The van der Waals surface area contributed by atoms with Crippen LogP contribution in [0.5, 0.6) is 0 Å². The highest BCUT2D eigenvalue weighted by Gasteiger charge is 2.19. The van der Waals surface area contributed by atoms with Crippen LogP contribution in [0.3, 0.4) is 0 Å². The number of esters is 3. The lowest BCUT2D eigenvalue weighted by Gasteiger charge is -2.18. The zero-order valence-corrected chi connectivity index (χ0v) is 42.7. The van der Waals surface area contributed by atoms with Gasteiger partial charge in [-0.1, -0.05) is 220 Å². The van der Waals surface area contributed by atoms with Crippen molar-refractivity contribution in [2.24, 2.45) is 0 Å². The largest absolute Gasteiger partial charge is 0.462 e. The quantitative estimate of drug-likeness (QED) is 0.0262. The summed E-state index contributed by atoms with van der Waals surface area (Å²) in [5.74, 6) is -0.942. The molecule has 0 bridgehead atoms. The van der Waals surface area contributed by atoms with E-state index in [1.54, 1.807) is 0 Å². The molecule has 66 heavy (non-hydrogen) atoms. The second-order valence-electron chi connectivity index (χ2n) is 17.4. The second-order valence-corrected chi connectivity index (χ2v) is 17.4. The number of carbonyl (C=O) groups excluding carboxylic acids is 3. The lowest BCUT2D eigenvalue weighted by Crippen LogP contribution is -2.30. The van der Waals surface area contributed by atoms with E-state index >= 15 is 0 Å². The molecule has 0 fully saturated rings. The summed E-state index contributed by atoms with van der Waals surface area (Å²) < 4.78 is 16.8. The summed E-state index contributed by atoms with van der Waals surface area (Å²) in [5, 5.41) is 0. The molecular formula is C60H98O6. The smallest absolute Gasteiger partial charge is 0.306 e. The van der Waals surface area contributed by atoms with E-state index in [1.165, 1.54) is 44.9 Å². The maximum Gasteiger partial charge on any atom is 0.306 e. The van der Waals surface area contributed by atoms with Gasteiger partial charge in [-0.15, -0.1) is 0 Å². The summed E-state index contributed by atoms with van der Waals surface area (Å²) in [6, 6.07) is 0. The third kappa shape index (κ3) is 51.1. The zero-order chi connectivity index (χ0) is 47.9. The van der Waals surface area contributed by atoms with E-state index in [1.807, 2.05) is 0 Å². The predicted molar refractivity (Wildman–Crippen MR) is 283 cm³/mol. The molecule has 0 spiro atoms. The number of ether oxygens (including phenoxy) is 3. The fraction of sp³-hybridized carbons (Fsp3) is 0.650. The second kappa shape index (κ2) is 53.7. The van der Waals surface area contributed by atoms with Crippen LogP contribution >= 0.6 is 0 Å². The van der Waals surface area contributed by atoms with Crippen LogP contribution in [-0.2, 0) is 28.6 Å². The Balaban J connectivity index is 4.40. The number of allylic oxidation sites excluding steroid dienone is 18. The summed E-state index contributed by atoms with van der Waals surface area (Å²) in [4.78, 5) is 38.0. The number of carbonyl (C=O) groups is 3. The first kappa shape index (κ1) is 62.1. The van der Waals surface area contributed by atoms with E-state index in [0.29, 0.717) is 19.3 Å².